The van der Waals surface area contributed by atoms with E-state index in [1.54, 1.807) is 11.3 Å². The number of nitrogens with zero attached hydrogens (tertiary/aromatic N) is 3. The Labute approximate surface area is 112 Å². The number of nitrogens with one attached hydrogen (secondary N) is 1. The SMILES string of the molecule is NNc1nnc(CN2CCC3(CCCC3)CC2)s1. The molecule has 18 heavy (non-hydrogen) atoms. The molecular formula is C12H21N5S. The molecule has 100 valence electrons. The molecule has 2 heterocycles. The molecule has 0 aromatic carbocycles. The molecule has 1 saturated heterocycles. The van der Waals surface area contributed by atoms with Crippen LogP contribution in [0, 0.1) is 5.41 Å². The zero-order valence-corrected chi connectivity index (χ0v) is 11.5. The predicted molar refractivity (Wildman–Crippen MR) is 73.1 cm³/mol. The van der Waals surface area contributed by atoms with E-state index in [9.17, 15) is 0 Å². The van der Waals surface area contributed by atoms with Crippen LogP contribution in [-0.4, -0.2) is 28.2 Å². The van der Waals surface area contributed by atoms with Gasteiger partial charge in [0.05, 0.1) is 6.54 Å². The zero-order chi connectivity index (χ0) is 12.4. The lowest BCUT2D eigenvalue weighted by molar-refractivity contribution is 0.103. The highest BCUT2D eigenvalue weighted by Crippen LogP contribution is 2.46. The molecule has 1 aromatic rings. The van der Waals surface area contributed by atoms with E-state index in [0.717, 1.165) is 11.6 Å². The Morgan fingerprint density at radius 2 is 1.89 bits per heavy atom. The summed E-state index contributed by atoms with van der Waals surface area (Å²) in [6, 6.07) is 0. The van der Waals surface area contributed by atoms with Crippen LogP contribution in [0.2, 0.25) is 0 Å². The lowest BCUT2D eigenvalue weighted by Gasteiger charge is -2.39. The van der Waals surface area contributed by atoms with Crippen LogP contribution in [0.4, 0.5) is 5.13 Å². The number of likely N-dealkylation sites (tertiary alicyclic amines) is 1. The van der Waals surface area contributed by atoms with E-state index in [0.29, 0.717) is 10.5 Å². The fraction of sp³-hybridized carbons (Fsp3) is 0.833. The fourth-order valence-electron chi connectivity index (χ4n) is 3.38. The molecule has 2 fully saturated rings. The van der Waals surface area contributed by atoms with Crippen LogP contribution in [0.25, 0.3) is 0 Å². The summed E-state index contributed by atoms with van der Waals surface area (Å²) < 4.78 is 0. The summed E-state index contributed by atoms with van der Waals surface area (Å²) in [5.41, 5.74) is 3.25. The van der Waals surface area contributed by atoms with Crippen LogP contribution in [0.3, 0.4) is 0 Å². The Morgan fingerprint density at radius 1 is 1.17 bits per heavy atom. The Kier molecular flexibility index (Phi) is 3.50. The largest absolute Gasteiger partial charge is 0.298 e. The number of anilines is 1. The smallest absolute Gasteiger partial charge is 0.219 e. The molecule has 3 rings (SSSR count). The fourth-order valence-corrected chi connectivity index (χ4v) is 4.07. The minimum atomic E-state index is 0.696. The van der Waals surface area contributed by atoms with Gasteiger partial charge in [0, 0.05) is 0 Å². The number of hydrogen-bond donors (Lipinski definition) is 2. The lowest BCUT2D eigenvalue weighted by Crippen LogP contribution is -2.38. The number of hydrazine groups is 1. The summed E-state index contributed by atoms with van der Waals surface area (Å²) in [6.45, 7) is 3.35. The molecule has 5 nitrogen and oxygen atoms in total. The second-order valence-corrected chi connectivity index (χ2v) is 6.69. The van der Waals surface area contributed by atoms with Crippen molar-refractivity contribution in [3.63, 3.8) is 0 Å². The molecule has 0 radical (unpaired) electrons. The van der Waals surface area contributed by atoms with Crippen LogP contribution >= 0.6 is 11.3 Å². The first-order valence-electron chi connectivity index (χ1n) is 6.81. The third-order valence-electron chi connectivity index (χ3n) is 4.53. The molecule has 6 heteroatoms. The monoisotopic (exact) mass is 267 g/mol. The Hall–Kier alpha value is -0.720. The summed E-state index contributed by atoms with van der Waals surface area (Å²) in [5, 5.41) is 9.89. The normalized spacial score (nSPS) is 23.6. The van der Waals surface area contributed by atoms with Gasteiger partial charge in [-0.05, 0) is 44.2 Å². The molecule has 1 aliphatic carbocycles. The van der Waals surface area contributed by atoms with Crippen molar-refractivity contribution in [2.24, 2.45) is 11.3 Å². The number of piperidine rings is 1. The predicted octanol–water partition coefficient (Wildman–Crippen LogP) is 1.98. The van der Waals surface area contributed by atoms with Crippen LogP contribution in [-0.2, 0) is 6.54 Å². The molecule has 1 spiro atoms. The molecule has 1 aliphatic heterocycles. The van der Waals surface area contributed by atoms with Gasteiger partial charge in [-0.15, -0.1) is 10.2 Å². The first kappa shape index (κ1) is 12.3. The van der Waals surface area contributed by atoms with E-state index in [1.807, 2.05) is 0 Å². The average Bonchev–Trinajstić information content (AvgIpc) is 3.02. The molecule has 0 unspecified atom stereocenters. The van der Waals surface area contributed by atoms with Gasteiger partial charge in [0.15, 0.2) is 0 Å². The molecule has 0 amide bonds. The topological polar surface area (TPSA) is 67.1 Å². The van der Waals surface area contributed by atoms with E-state index in [-0.39, 0.29) is 0 Å². The Morgan fingerprint density at radius 3 is 2.50 bits per heavy atom. The van der Waals surface area contributed by atoms with Gasteiger partial charge in [0.25, 0.3) is 0 Å². The number of nitrogens with two attached hydrogens (primary N) is 1. The van der Waals surface area contributed by atoms with Crippen molar-refractivity contribution in [1.82, 2.24) is 15.1 Å². The summed E-state index contributed by atoms with van der Waals surface area (Å²) in [5.74, 6) is 5.32. The second-order valence-electron chi connectivity index (χ2n) is 5.63. The van der Waals surface area contributed by atoms with Gasteiger partial charge in [0.1, 0.15) is 5.01 Å². The van der Waals surface area contributed by atoms with E-state index in [1.165, 1.54) is 51.6 Å². The van der Waals surface area contributed by atoms with E-state index >= 15 is 0 Å². The quantitative estimate of drug-likeness (QED) is 0.647. The first-order valence-corrected chi connectivity index (χ1v) is 7.63. The van der Waals surface area contributed by atoms with Gasteiger partial charge >= 0.3 is 0 Å². The van der Waals surface area contributed by atoms with Crippen LogP contribution in [0.1, 0.15) is 43.5 Å². The lowest BCUT2D eigenvalue weighted by atomic mass is 9.77. The maximum absolute atomic E-state index is 5.32. The summed E-state index contributed by atoms with van der Waals surface area (Å²) >= 11 is 1.55. The van der Waals surface area contributed by atoms with Crippen molar-refractivity contribution in [3.05, 3.63) is 5.01 Å². The van der Waals surface area contributed by atoms with Crippen molar-refractivity contribution in [3.8, 4) is 0 Å². The molecular weight excluding hydrogens is 246 g/mol. The number of aromatic nitrogens is 2. The van der Waals surface area contributed by atoms with Gasteiger partial charge in [-0.3, -0.25) is 10.3 Å². The molecule has 0 atom stereocenters. The standard InChI is InChI=1S/C12H21N5S/c13-14-11-16-15-10(18-11)9-17-7-5-12(6-8-17)3-1-2-4-12/h1-9,13H2,(H,14,16). The number of rotatable bonds is 3. The highest BCUT2D eigenvalue weighted by Gasteiger charge is 2.36. The molecule has 1 aromatic heterocycles. The van der Waals surface area contributed by atoms with Crippen molar-refractivity contribution in [2.45, 2.75) is 45.1 Å². The third-order valence-corrected chi connectivity index (χ3v) is 5.37. The van der Waals surface area contributed by atoms with E-state index in [4.69, 9.17) is 5.84 Å². The van der Waals surface area contributed by atoms with E-state index in [2.05, 4.69) is 20.5 Å². The van der Waals surface area contributed by atoms with Crippen molar-refractivity contribution < 1.29 is 0 Å². The first-order chi connectivity index (χ1) is 8.80. The van der Waals surface area contributed by atoms with Gasteiger partial charge in [0.2, 0.25) is 5.13 Å². The second kappa shape index (κ2) is 5.11. The van der Waals surface area contributed by atoms with Crippen molar-refractivity contribution in [1.29, 1.82) is 0 Å². The number of hydrogen-bond acceptors (Lipinski definition) is 6. The minimum absolute atomic E-state index is 0.696. The highest BCUT2D eigenvalue weighted by molar-refractivity contribution is 7.15. The number of nitrogen functional groups attached to an aromatic ring is 1. The zero-order valence-electron chi connectivity index (χ0n) is 10.7. The average molecular weight is 267 g/mol. The van der Waals surface area contributed by atoms with Gasteiger partial charge in [-0.1, -0.05) is 24.2 Å². The van der Waals surface area contributed by atoms with Crippen LogP contribution in [0.5, 0.6) is 0 Å². The molecule has 1 saturated carbocycles. The van der Waals surface area contributed by atoms with Crippen LogP contribution in [0.15, 0.2) is 0 Å². The van der Waals surface area contributed by atoms with Gasteiger partial charge in [-0.25, -0.2) is 5.84 Å². The molecule has 3 N–H and O–H groups in total. The maximum Gasteiger partial charge on any atom is 0.219 e. The Bertz CT molecular complexity index is 389. The van der Waals surface area contributed by atoms with Crippen LogP contribution < -0.4 is 11.3 Å². The summed E-state index contributed by atoms with van der Waals surface area (Å²) in [4.78, 5) is 2.50. The molecule has 0 bridgehead atoms. The van der Waals surface area contributed by atoms with Crippen molar-refractivity contribution >= 4 is 16.5 Å². The van der Waals surface area contributed by atoms with Gasteiger partial charge < -0.3 is 0 Å². The van der Waals surface area contributed by atoms with Gasteiger partial charge in [-0.2, -0.15) is 0 Å². The Balaban J connectivity index is 1.53. The summed E-state index contributed by atoms with van der Waals surface area (Å²) in [6.07, 6.45) is 8.55. The van der Waals surface area contributed by atoms with Crippen molar-refractivity contribution in [2.75, 3.05) is 18.5 Å². The maximum atomic E-state index is 5.32. The summed E-state index contributed by atoms with van der Waals surface area (Å²) in [7, 11) is 0. The molecule has 2 aliphatic rings. The van der Waals surface area contributed by atoms with E-state index < -0.39 is 0 Å². The minimum Gasteiger partial charge on any atom is -0.298 e. The third kappa shape index (κ3) is 2.50. The highest BCUT2D eigenvalue weighted by atomic mass is 32.1.